The Morgan fingerprint density at radius 2 is 1.64 bits per heavy atom. The van der Waals surface area contributed by atoms with Crippen LogP contribution in [-0.4, -0.2) is 69.1 Å². The molecule has 2 aromatic rings. The number of para-hydroxylation sites is 1. The normalized spacial score (nSPS) is 22.4. The molecule has 1 aliphatic rings. The highest BCUT2D eigenvalue weighted by Crippen LogP contribution is 2.33. The van der Waals surface area contributed by atoms with Crippen LogP contribution in [0.15, 0.2) is 30.3 Å². The first-order valence-electron chi connectivity index (χ1n) is 12.3. The Labute approximate surface area is 230 Å². The molecule has 1 fully saturated rings. The lowest BCUT2D eigenvalue weighted by atomic mass is 9.95. The molecule has 14 heteroatoms. The van der Waals surface area contributed by atoms with E-state index in [-0.39, 0.29) is 18.0 Å². The van der Waals surface area contributed by atoms with Gasteiger partial charge in [0, 0.05) is 34.2 Å². The van der Waals surface area contributed by atoms with Crippen molar-refractivity contribution in [2.24, 2.45) is 0 Å². The molecule has 0 saturated carbocycles. The van der Waals surface area contributed by atoms with E-state index in [9.17, 15) is 19.2 Å². The van der Waals surface area contributed by atoms with Gasteiger partial charge in [0.15, 0.2) is 29.0 Å². The maximum atomic E-state index is 12.3. The van der Waals surface area contributed by atoms with Crippen molar-refractivity contribution in [3.05, 3.63) is 40.9 Å². The van der Waals surface area contributed by atoms with Crippen LogP contribution in [0.2, 0.25) is 0 Å². The van der Waals surface area contributed by atoms with Crippen molar-refractivity contribution in [2.75, 3.05) is 6.61 Å². The Morgan fingerprint density at radius 1 is 1.00 bits per heavy atom. The van der Waals surface area contributed by atoms with Gasteiger partial charge in [0.05, 0.1) is 0 Å². The van der Waals surface area contributed by atoms with Gasteiger partial charge >= 0.3 is 17.9 Å². The molecule has 0 bridgehead atoms. The van der Waals surface area contributed by atoms with Crippen LogP contribution in [0.25, 0.3) is 0 Å². The number of ether oxygens (including phenoxy) is 5. The van der Waals surface area contributed by atoms with E-state index in [1.165, 1.54) is 32.4 Å². The zero-order chi connectivity index (χ0) is 28.7. The van der Waals surface area contributed by atoms with E-state index in [1.807, 2.05) is 25.1 Å². The molecule has 3 rings (SSSR count). The summed E-state index contributed by atoms with van der Waals surface area (Å²) in [6, 6.07) is 8.07. The molecule has 1 aromatic heterocycles. The highest BCUT2D eigenvalue weighted by atomic mass is 32.1. The van der Waals surface area contributed by atoms with E-state index in [0.29, 0.717) is 18.1 Å². The molecular weight excluding hydrogens is 532 g/mol. The van der Waals surface area contributed by atoms with Gasteiger partial charge < -0.3 is 33.6 Å². The van der Waals surface area contributed by atoms with E-state index >= 15 is 0 Å². The van der Waals surface area contributed by atoms with Crippen molar-refractivity contribution in [3.63, 3.8) is 0 Å². The number of esters is 3. The molecular formula is C25H32N4O9S. The highest BCUT2D eigenvalue weighted by molar-refractivity contribution is 7.71. The second kappa shape index (κ2) is 13.3. The summed E-state index contributed by atoms with van der Waals surface area (Å²) in [5, 5.41) is 7.34. The third kappa shape index (κ3) is 7.63. The fraction of sp³-hybridized carbons (Fsp3) is 0.520. The van der Waals surface area contributed by atoms with Crippen LogP contribution in [-0.2, 0) is 51.3 Å². The summed E-state index contributed by atoms with van der Waals surface area (Å²) >= 11 is 5.70. The molecule has 1 aromatic carbocycles. The number of nitrogens with zero attached hydrogens (tertiary/aromatic N) is 3. The minimum Gasteiger partial charge on any atom is -0.486 e. The lowest BCUT2D eigenvalue weighted by Gasteiger charge is -2.45. The summed E-state index contributed by atoms with van der Waals surface area (Å²) in [6.45, 7) is 6.90. The summed E-state index contributed by atoms with van der Waals surface area (Å²) < 4.78 is 31.6. The number of hydrogen-bond acceptors (Lipinski definition) is 11. The van der Waals surface area contributed by atoms with Crippen LogP contribution in [0.1, 0.15) is 46.7 Å². The average molecular weight is 565 g/mol. The van der Waals surface area contributed by atoms with E-state index in [2.05, 4.69) is 10.4 Å². The summed E-state index contributed by atoms with van der Waals surface area (Å²) in [4.78, 5) is 47.9. The van der Waals surface area contributed by atoms with Crippen LogP contribution in [0.3, 0.4) is 0 Å². The second-order valence-electron chi connectivity index (χ2n) is 8.73. The van der Waals surface area contributed by atoms with E-state index in [4.69, 9.17) is 35.9 Å². The van der Waals surface area contributed by atoms with Crippen molar-refractivity contribution in [2.45, 2.75) is 78.4 Å². The van der Waals surface area contributed by atoms with Crippen LogP contribution < -0.4 is 10.1 Å². The lowest BCUT2D eigenvalue weighted by molar-refractivity contribution is -0.239. The lowest BCUT2D eigenvalue weighted by Crippen LogP contribution is -2.64. The van der Waals surface area contributed by atoms with Crippen molar-refractivity contribution in [1.82, 2.24) is 19.7 Å². The minimum atomic E-state index is -1.23. The maximum absolute atomic E-state index is 12.3. The Balaban J connectivity index is 2.07. The predicted octanol–water partition coefficient (Wildman–Crippen LogP) is 1.84. The van der Waals surface area contributed by atoms with Crippen LogP contribution in [0.4, 0.5) is 0 Å². The zero-order valence-electron chi connectivity index (χ0n) is 22.3. The number of amides is 1. The number of carbonyl (C=O) groups excluding carboxylic acids is 4. The monoisotopic (exact) mass is 564 g/mol. The topological polar surface area (TPSA) is 149 Å². The summed E-state index contributed by atoms with van der Waals surface area (Å²) in [5.41, 5.74) is 0. The molecule has 1 saturated heterocycles. The maximum Gasteiger partial charge on any atom is 0.303 e. The van der Waals surface area contributed by atoms with Gasteiger partial charge in [-0.25, -0.2) is 4.68 Å². The molecule has 5 atom stereocenters. The second-order valence-corrected chi connectivity index (χ2v) is 9.10. The summed E-state index contributed by atoms with van der Waals surface area (Å²) in [5.74, 6) is -1.36. The van der Waals surface area contributed by atoms with Gasteiger partial charge in [-0.2, -0.15) is 5.10 Å². The first kappa shape index (κ1) is 29.8. The molecule has 0 radical (unpaired) electrons. The Bertz CT molecular complexity index is 1250. The molecule has 212 valence electrons. The minimum absolute atomic E-state index is 0.0757. The molecule has 1 N–H and O–H groups in total. The van der Waals surface area contributed by atoms with Crippen LogP contribution >= 0.6 is 12.2 Å². The number of benzene rings is 1. The van der Waals surface area contributed by atoms with Crippen molar-refractivity contribution in [1.29, 1.82) is 0 Å². The first-order chi connectivity index (χ1) is 18.5. The average Bonchev–Trinajstić information content (AvgIpc) is 3.18. The number of aromatic nitrogens is 3. The number of rotatable bonds is 10. The van der Waals surface area contributed by atoms with Gasteiger partial charge in [0.2, 0.25) is 5.91 Å². The molecule has 0 spiro atoms. The first-order valence-corrected chi connectivity index (χ1v) is 12.7. The third-order valence-corrected chi connectivity index (χ3v) is 6.13. The Hall–Kier alpha value is -3.78. The van der Waals surface area contributed by atoms with Gasteiger partial charge in [0.25, 0.3) is 0 Å². The highest BCUT2D eigenvalue weighted by Gasteiger charge is 2.52. The Kier molecular flexibility index (Phi) is 10.2. The summed E-state index contributed by atoms with van der Waals surface area (Å²) in [7, 11) is 0. The molecule has 0 unspecified atom stereocenters. The van der Waals surface area contributed by atoms with Crippen molar-refractivity contribution >= 4 is 36.0 Å². The molecule has 0 aliphatic carbocycles. The SMILES string of the molecule is CCn1c(COc2ccccc2)nn([C@@H]2O[C@H](COC(C)=O)[C@@H](OC(C)=O)[C@H](OC(C)=O)[C@H]2NC(C)=O)c1=S. The standard InChI is InChI=1S/C25H32N4O9S/c1-6-28-20(13-35-18-10-8-7-9-11-18)27-29(25(28)39)24-21(26-14(2)30)23(37-17(5)33)22(36-16(4)32)19(38-24)12-34-15(3)31/h7-11,19,21-24H,6,12-13H2,1-5H3,(H,26,30)/t19-,21-,22-,23-,24-/m1/s1. The fourth-order valence-corrected chi connectivity index (χ4v) is 4.61. The van der Waals surface area contributed by atoms with Crippen molar-refractivity contribution in [3.8, 4) is 5.75 Å². The van der Waals surface area contributed by atoms with Gasteiger partial charge in [-0.3, -0.25) is 19.2 Å². The Morgan fingerprint density at radius 3 is 2.21 bits per heavy atom. The molecule has 1 aliphatic heterocycles. The molecule has 39 heavy (non-hydrogen) atoms. The largest absolute Gasteiger partial charge is 0.486 e. The zero-order valence-corrected chi connectivity index (χ0v) is 23.1. The van der Waals surface area contributed by atoms with Gasteiger partial charge in [-0.15, -0.1) is 0 Å². The molecule has 1 amide bonds. The van der Waals surface area contributed by atoms with E-state index < -0.39 is 54.4 Å². The van der Waals surface area contributed by atoms with Gasteiger partial charge in [0.1, 0.15) is 31.1 Å². The van der Waals surface area contributed by atoms with Crippen molar-refractivity contribution < 1.29 is 42.9 Å². The molecule has 2 heterocycles. The van der Waals surface area contributed by atoms with Crippen LogP contribution in [0.5, 0.6) is 5.75 Å². The van der Waals surface area contributed by atoms with E-state index in [0.717, 1.165) is 0 Å². The quantitative estimate of drug-likeness (QED) is 0.256. The third-order valence-electron chi connectivity index (χ3n) is 5.72. The summed E-state index contributed by atoms with van der Waals surface area (Å²) in [6.07, 6.45) is -4.68. The van der Waals surface area contributed by atoms with Gasteiger partial charge in [-0.05, 0) is 31.3 Å². The number of hydrogen-bond donors (Lipinski definition) is 1. The number of nitrogens with one attached hydrogen (secondary N) is 1. The predicted molar refractivity (Wildman–Crippen MR) is 137 cm³/mol. The van der Waals surface area contributed by atoms with E-state index in [1.54, 1.807) is 16.7 Å². The fourth-order valence-electron chi connectivity index (χ4n) is 4.23. The van der Waals surface area contributed by atoms with Crippen LogP contribution in [0, 0.1) is 4.77 Å². The number of carbonyl (C=O) groups is 4. The smallest absolute Gasteiger partial charge is 0.303 e. The van der Waals surface area contributed by atoms with Gasteiger partial charge in [-0.1, -0.05) is 18.2 Å². The molecule has 13 nitrogen and oxygen atoms in total.